The maximum absolute atomic E-state index is 12.0. The number of hydrogen-bond acceptors (Lipinski definition) is 4. The number of carbonyl (C=O) groups is 2. The molecule has 6 heteroatoms. The van der Waals surface area contributed by atoms with Crippen LogP contribution in [0.3, 0.4) is 0 Å². The van der Waals surface area contributed by atoms with Gasteiger partial charge in [0.05, 0.1) is 0 Å². The zero-order valence-corrected chi connectivity index (χ0v) is 12.7. The predicted octanol–water partition coefficient (Wildman–Crippen LogP) is 3.34. The number of rotatable bonds is 4. The Balaban J connectivity index is 1.76. The largest absolute Gasteiger partial charge is 0.450 e. The minimum Gasteiger partial charge on any atom is -0.450 e. The molecule has 3 amide bonds. The molecule has 112 valence electrons. The third-order valence-electron chi connectivity index (χ3n) is 3.13. The van der Waals surface area contributed by atoms with Gasteiger partial charge in [-0.15, -0.1) is 0 Å². The van der Waals surface area contributed by atoms with Crippen LogP contribution >= 0.6 is 11.8 Å². The second-order valence-corrected chi connectivity index (χ2v) is 5.69. The monoisotopic (exact) mass is 314 g/mol. The van der Waals surface area contributed by atoms with Gasteiger partial charge in [0.15, 0.2) is 5.09 Å². The van der Waals surface area contributed by atoms with Gasteiger partial charge in [-0.2, -0.15) is 0 Å². The van der Waals surface area contributed by atoms with E-state index in [1.165, 1.54) is 11.8 Å². The molecular weight excluding hydrogens is 300 g/mol. The Morgan fingerprint density at radius 2 is 1.95 bits per heavy atom. The number of carbonyl (C=O) groups excluding carboxylic acids is 2. The van der Waals surface area contributed by atoms with Crippen LogP contribution in [-0.2, 0) is 4.79 Å². The first-order valence-corrected chi connectivity index (χ1v) is 7.66. The van der Waals surface area contributed by atoms with E-state index in [0.29, 0.717) is 12.3 Å². The first-order chi connectivity index (χ1) is 10.7. The molecule has 0 bridgehead atoms. The summed E-state index contributed by atoms with van der Waals surface area (Å²) in [5.74, 6) is 0.196. The van der Waals surface area contributed by atoms with E-state index >= 15 is 0 Å². The molecule has 2 heterocycles. The Morgan fingerprint density at radius 3 is 2.64 bits per heavy atom. The van der Waals surface area contributed by atoms with Gasteiger partial charge in [-0.05, 0) is 31.2 Å². The standard InChI is InChI=1S/C16H14N2O3S/c1-2-18-15(19)13(17-16(18)20)10-11-8-9-14(21-11)22-12-6-4-3-5-7-12/h3-10H,2H2,1H3,(H,17,20)/b13-10+. The number of likely N-dealkylation sites (N-methyl/N-ethyl adjacent to an activating group) is 1. The van der Waals surface area contributed by atoms with Crippen molar-refractivity contribution >= 4 is 29.8 Å². The highest BCUT2D eigenvalue weighted by molar-refractivity contribution is 7.99. The van der Waals surface area contributed by atoms with Crippen LogP contribution in [0.1, 0.15) is 12.7 Å². The fourth-order valence-corrected chi connectivity index (χ4v) is 2.87. The van der Waals surface area contributed by atoms with Crippen LogP contribution in [0, 0.1) is 0 Å². The molecule has 1 fully saturated rings. The van der Waals surface area contributed by atoms with Crippen molar-refractivity contribution in [3.05, 3.63) is 53.9 Å². The molecule has 1 N–H and O–H groups in total. The van der Waals surface area contributed by atoms with Crippen LogP contribution in [0.4, 0.5) is 4.79 Å². The number of nitrogens with zero attached hydrogens (tertiary/aromatic N) is 1. The molecule has 0 radical (unpaired) electrons. The lowest BCUT2D eigenvalue weighted by molar-refractivity contribution is -0.122. The molecule has 0 aliphatic carbocycles. The van der Waals surface area contributed by atoms with Gasteiger partial charge >= 0.3 is 6.03 Å². The summed E-state index contributed by atoms with van der Waals surface area (Å²) in [6, 6.07) is 13.1. The van der Waals surface area contributed by atoms with E-state index in [-0.39, 0.29) is 11.6 Å². The number of imide groups is 1. The summed E-state index contributed by atoms with van der Waals surface area (Å²) in [7, 11) is 0. The Hall–Kier alpha value is -2.47. The van der Waals surface area contributed by atoms with Crippen molar-refractivity contribution < 1.29 is 14.0 Å². The van der Waals surface area contributed by atoms with E-state index in [0.717, 1.165) is 14.9 Å². The first kappa shape index (κ1) is 14.5. The average molecular weight is 314 g/mol. The molecule has 0 spiro atoms. The zero-order valence-electron chi connectivity index (χ0n) is 11.9. The first-order valence-electron chi connectivity index (χ1n) is 6.84. The maximum atomic E-state index is 12.0. The lowest BCUT2D eigenvalue weighted by Gasteiger charge is -2.05. The SMILES string of the molecule is CCN1C(=O)N/C(=C/c2ccc(Sc3ccccc3)o2)C1=O. The number of furan rings is 1. The van der Waals surface area contributed by atoms with Gasteiger partial charge in [-0.3, -0.25) is 9.69 Å². The van der Waals surface area contributed by atoms with E-state index in [4.69, 9.17) is 4.42 Å². The van der Waals surface area contributed by atoms with Crippen LogP contribution in [0.25, 0.3) is 6.08 Å². The molecule has 0 saturated carbocycles. The zero-order chi connectivity index (χ0) is 15.5. The van der Waals surface area contributed by atoms with Crippen LogP contribution in [-0.4, -0.2) is 23.4 Å². The van der Waals surface area contributed by atoms with Crippen molar-refractivity contribution in [2.24, 2.45) is 0 Å². The second kappa shape index (κ2) is 6.11. The molecule has 1 saturated heterocycles. The van der Waals surface area contributed by atoms with E-state index < -0.39 is 6.03 Å². The second-order valence-electron chi connectivity index (χ2n) is 4.61. The van der Waals surface area contributed by atoms with Gasteiger partial charge in [-0.25, -0.2) is 4.79 Å². The molecule has 1 aromatic carbocycles. The van der Waals surface area contributed by atoms with Crippen LogP contribution < -0.4 is 5.32 Å². The van der Waals surface area contributed by atoms with Crippen molar-refractivity contribution in [2.45, 2.75) is 16.9 Å². The molecule has 1 aliphatic heterocycles. The summed E-state index contributed by atoms with van der Waals surface area (Å²) in [4.78, 5) is 25.8. The number of urea groups is 1. The van der Waals surface area contributed by atoms with Gasteiger partial charge in [0, 0.05) is 17.5 Å². The minimum atomic E-state index is -0.399. The van der Waals surface area contributed by atoms with Crippen LogP contribution in [0.15, 0.2) is 62.6 Å². The van der Waals surface area contributed by atoms with Gasteiger partial charge in [-0.1, -0.05) is 30.0 Å². The number of hydrogen-bond donors (Lipinski definition) is 1. The summed E-state index contributed by atoms with van der Waals surface area (Å²) in [6.07, 6.45) is 1.55. The Kier molecular flexibility index (Phi) is 4.02. The highest BCUT2D eigenvalue weighted by atomic mass is 32.2. The number of benzene rings is 1. The topological polar surface area (TPSA) is 62.6 Å². The molecular formula is C16H14N2O3S. The average Bonchev–Trinajstić information content (AvgIpc) is 3.05. The summed E-state index contributed by atoms with van der Waals surface area (Å²) >= 11 is 1.49. The van der Waals surface area contributed by atoms with Crippen molar-refractivity contribution in [1.29, 1.82) is 0 Å². The third kappa shape index (κ3) is 2.92. The molecule has 1 aliphatic rings. The molecule has 22 heavy (non-hydrogen) atoms. The van der Waals surface area contributed by atoms with Crippen molar-refractivity contribution in [1.82, 2.24) is 10.2 Å². The molecule has 0 atom stereocenters. The van der Waals surface area contributed by atoms with Crippen molar-refractivity contribution in [3.63, 3.8) is 0 Å². The third-order valence-corrected chi connectivity index (χ3v) is 4.06. The fourth-order valence-electron chi connectivity index (χ4n) is 2.07. The predicted molar refractivity (Wildman–Crippen MR) is 83.2 cm³/mol. The van der Waals surface area contributed by atoms with E-state index in [9.17, 15) is 9.59 Å². The van der Waals surface area contributed by atoms with Gasteiger partial charge in [0.25, 0.3) is 5.91 Å². The quantitative estimate of drug-likeness (QED) is 0.694. The van der Waals surface area contributed by atoms with E-state index in [1.807, 2.05) is 36.4 Å². The molecule has 2 aromatic rings. The van der Waals surface area contributed by atoms with E-state index in [1.54, 1.807) is 19.1 Å². The summed E-state index contributed by atoms with van der Waals surface area (Å²) in [5.41, 5.74) is 0.234. The summed E-state index contributed by atoms with van der Waals surface area (Å²) in [6.45, 7) is 2.09. The van der Waals surface area contributed by atoms with E-state index in [2.05, 4.69) is 5.32 Å². The Bertz CT molecular complexity index is 737. The normalized spacial score (nSPS) is 16.4. The molecule has 5 nitrogen and oxygen atoms in total. The highest BCUT2D eigenvalue weighted by Gasteiger charge is 2.32. The Morgan fingerprint density at radius 1 is 1.18 bits per heavy atom. The lowest BCUT2D eigenvalue weighted by atomic mass is 10.3. The molecule has 1 aromatic heterocycles. The van der Waals surface area contributed by atoms with Crippen LogP contribution in [0.2, 0.25) is 0 Å². The minimum absolute atomic E-state index is 0.234. The van der Waals surface area contributed by atoms with Gasteiger partial charge in [0.1, 0.15) is 11.5 Å². The highest BCUT2D eigenvalue weighted by Crippen LogP contribution is 2.29. The van der Waals surface area contributed by atoms with Gasteiger partial charge < -0.3 is 9.73 Å². The van der Waals surface area contributed by atoms with Crippen molar-refractivity contribution in [3.8, 4) is 0 Å². The van der Waals surface area contributed by atoms with Crippen molar-refractivity contribution in [2.75, 3.05) is 6.54 Å². The van der Waals surface area contributed by atoms with Gasteiger partial charge in [0.2, 0.25) is 0 Å². The summed E-state index contributed by atoms with van der Waals surface area (Å²) < 4.78 is 5.67. The lowest BCUT2D eigenvalue weighted by Crippen LogP contribution is -2.30. The molecule has 3 rings (SSSR count). The number of amides is 3. The fraction of sp³-hybridized carbons (Fsp3) is 0.125. The Labute approximate surface area is 132 Å². The maximum Gasteiger partial charge on any atom is 0.328 e. The summed E-state index contributed by atoms with van der Waals surface area (Å²) in [5, 5.41) is 3.27. The molecule has 0 unspecified atom stereocenters. The number of nitrogens with one attached hydrogen (secondary N) is 1. The smallest absolute Gasteiger partial charge is 0.328 e. The van der Waals surface area contributed by atoms with Crippen LogP contribution in [0.5, 0.6) is 0 Å².